The standard InChI is InChI=1S/C14H14N4OS2/c1-7-16-8(6-20-7)5-11-17-14(19-18-11)12-9-3-2-4-10(9)21-13(12)15/h6H,2-5,15H2,1H3. The molecule has 0 aliphatic heterocycles. The van der Waals surface area contributed by atoms with E-state index in [0.717, 1.165) is 34.1 Å². The van der Waals surface area contributed by atoms with Gasteiger partial charge in [0, 0.05) is 10.3 Å². The zero-order chi connectivity index (χ0) is 14.4. The number of thiophene rings is 1. The number of rotatable bonds is 3. The Hall–Kier alpha value is -1.73. The maximum absolute atomic E-state index is 6.13. The Morgan fingerprint density at radius 2 is 2.24 bits per heavy atom. The van der Waals surface area contributed by atoms with Gasteiger partial charge in [-0.1, -0.05) is 5.16 Å². The molecule has 1 aliphatic carbocycles. The molecular formula is C14H14N4OS2. The fraction of sp³-hybridized carbons (Fsp3) is 0.357. The van der Waals surface area contributed by atoms with E-state index in [9.17, 15) is 0 Å². The van der Waals surface area contributed by atoms with Gasteiger partial charge in [-0.05, 0) is 31.7 Å². The fourth-order valence-electron chi connectivity index (χ4n) is 2.74. The first-order valence-corrected chi connectivity index (χ1v) is 8.54. The Morgan fingerprint density at radius 3 is 3.05 bits per heavy atom. The molecule has 0 unspecified atom stereocenters. The molecule has 5 nitrogen and oxygen atoms in total. The Labute approximate surface area is 129 Å². The van der Waals surface area contributed by atoms with Crippen LogP contribution in [0.2, 0.25) is 0 Å². The van der Waals surface area contributed by atoms with Gasteiger partial charge in [-0.25, -0.2) is 4.98 Å². The van der Waals surface area contributed by atoms with Crippen molar-refractivity contribution in [3.05, 3.63) is 32.3 Å². The van der Waals surface area contributed by atoms with E-state index in [2.05, 4.69) is 15.1 Å². The summed E-state index contributed by atoms with van der Waals surface area (Å²) in [7, 11) is 0. The third-order valence-electron chi connectivity index (χ3n) is 3.64. The zero-order valence-corrected chi connectivity index (χ0v) is 13.2. The Kier molecular flexibility index (Phi) is 3.04. The molecule has 0 atom stereocenters. The second kappa shape index (κ2) is 4.92. The monoisotopic (exact) mass is 318 g/mol. The number of nitrogens with two attached hydrogens (primary N) is 1. The molecule has 0 radical (unpaired) electrons. The summed E-state index contributed by atoms with van der Waals surface area (Å²) in [5.41, 5.74) is 9.37. The van der Waals surface area contributed by atoms with Crippen LogP contribution >= 0.6 is 22.7 Å². The van der Waals surface area contributed by atoms with Gasteiger partial charge in [-0.15, -0.1) is 22.7 Å². The van der Waals surface area contributed by atoms with Crippen molar-refractivity contribution in [3.63, 3.8) is 0 Å². The Balaban J connectivity index is 1.65. The number of nitrogen functional groups attached to an aromatic ring is 1. The molecular weight excluding hydrogens is 304 g/mol. The van der Waals surface area contributed by atoms with Crippen molar-refractivity contribution in [1.29, 1.82) is 0 Å². The van der Waals surface area contributed by atoms with Gasteiger partial charge in [-0.3, -0.25) is 0 Å². The van der Waals surface area contributed by atoms with Crippen LogP contribution in [-0.2, 0) is 19.3 Å². The lowest BCUT2D eigenvalue weighted by Crippen LogP contribution is -1.92. The van der Waals surface area contributed by atoms with Crippen molar-refractivity contribution in [2.75, 3.05) is 5.73 Å². The zero-order valence-electron chi connectivity index (χ0n) is 11.5. The first-order valence-electron chi connectivity index (χ1n) is 6.84. The maximum Gasteiger partial charge on any atom is 0.261 e. The number of thiazole rings is 1. The van der Waals surface area contributed by atoms with E-state index < -0.39 is 0 Å². The molecule has 0 bridgehead atoms. The molecule has 0 amide bonds. The number of fused-ring (bicyclic) bond motifs is 1. The lowest BCUT2D eigenvalue weighted by atomic mass is 10.1. The molecule has 108 valence electrons. The van der Waals surface area contributed by atoms with Crippen LogP contribution in [0.3, 0.4) is 0 Å². The Bertz CT molecular complexity index is 802. The van der Waals surface area contributed by atoms with Crippen molar-refractivity contribution in [2.45, 2.75) is 32.6 Å². The number of hydrogen-bond acceptors (Lipinski definition) is 7. The van der Waals surface area contributed by atoms with Crippen LogP contribution in [0, 0.1) is 6.92 Å². The summed E-state index contributed by atoms with van der Waals surface area (Å²) in [6.07, 6.45) is 3.96. The summed E-state index contributed by atoms with van der Waals surface area (Å²) < 4.78 is 5.44. The summed E-state index contributed by atoms with van der Waals surface area (Å²) in [6, 6.07) is 0. The molecule has 21 heavy (non-hydrogen) atoms. The van der Waals surface area contributed by atoms with E-state index in [1.807, 2.05) is 12.3 Å². The third kappa shape index (κ3) is 2.26. The van der Waals surface area contributed by atoms with Gasteiger partial charge in [-0.2, -0.15) is 4.98 Å². The Morgan fingerprint density at radius 1 is 1.33 bits per heavy atom. The first-order chi connectivity index (χ1) is 10.2. The van der Waals surface area contributed by atoms with Gasteiger partial charge < -0.3 is 10.3 Å². The molecule has 3 aromatic heterocycles. The average molecular weight is 318 g/mol. The molecule has 3 heterocycles. The minimum Gasteiger partial charge on any atom is -0.390 e. The highest BCUT2D eigenvalue weighted by Crippen LogP contribution is 2.42. The van der Waals surface area contributed by atoms with Gasteiger partial charge >= 0.3 is 0 Å². The number of aromatic nitrogens is 3. The lowest BCUT2D eigenvalue weighted by molar-refractivity contribution is 0.423. The van der Waals surface area contributed by atoms with E-state index in [4.69, 9.17) is 10.3 Å². The van der Waals surface area contributed by atoms with Gasteiger partial charge in [0.05, 0.1) is 27.7 Å². The third-order valence-corrected chi connectivity index (χ3v) is 5.58. The van der Waals surface area contributed by atoms with Crippen LogP contribution < -0.4 is 5.73 Å². The highest BCUT2D eigenvalue weighted by molar-refractivity contribution is 7.16. The number of hydrogen-bond donors (Lipinski definition) is 1. The summed E-state index contributed by atoms with van der Waals surface area (Å²) in [5, 5.41) is 7.94. The predicted octanol–water partition coefficient (Wildman–Crippen LogP) is 3.22. The predicted molar refractivity (Wildman–Crippen MR) is 83.7 cm³/mol. The van der Waals surface area contributed by atoms with Crippen molar-refractivity contribution in [1.82, 2.24) is 15.1 Å². The number of aryl methyl sites for hydroxylation is 2. The molecule has 7 heteroatoms. The van der Waals surface area contributed by atoms with Crippen LogP contribution in [0.15, 0.2) is 9.90 Å². The molecule has 0 saturated carbocycles. The van der Waals surface area contributed by atoms with E-state index in [1.165, 1.54) is 16.9 Å². The highest BCUT2D eigenvalue weighted by Gasteiger charge is 2.25. The summed E-state index contributed by atoms with van der Waals surface area (Å²) in [6.45, 7) is 1.99. The van der Waals surface area contributed by atoms with E-state index >= 15 is 0 Å². The lowest BCUT2D eigenvalue weighted by Gasteiger charge is -1.96. The maximum atomic E-state index is 6.13. The van der Waals surface area contributed by atoms with Crippen molar-refractivity contribution < 1.29 is 4.52 Å². The van der Waals surface area contributed by atoms with Crippen molar-refractivity contribution >= 4 is 27.7 Å². The largest absolute Gasteiger partial charge is 0.390 e. The van der Waals surface area contributed by atoms with Gasteiger partial charge in [0.1, 0.15) is 0 Å². The summed E-state index contributed by atoms with van der Waals surface area (Å²) in [5.74, 6) is 1.21. The van der Waals surface area contributed by atoms with E-state index in [1.54, 1.807) is 22.7 Å². The smallest absolute Gasteiger partial charge is 0.261 e. The van der Waals surface area contributed by atoms with Crippen LogP contribution in [0.1, 0.15) is 33.4 Å². The van der Waals surface area contributed by atoms with Gasteiger partial charge in [0.25, 0.3) is 5.89 Å². The van der Waals surface area contributed by atoms with Gasteiger partial charge in [0.15, 0.2) is 5.82 Å². The van der Waals surface area contributed by atoms with Crippen molar-refractivity contribution in [2.24, 2.45) is 0 Å². The molecule has 0 spiro atoms. The topological polar surface area (TPSA) is 77.8 Å². The normalized spacial score (nSPS) is 13.8. The van der Waals surface area contributed by atoms with E-state index in [0.29, 0.717) is 18.1 Å². The average Bonchev–Trinajstić information content (AvgIpc) is 3.16. The van der Waals surface area contributed by atoms with Crippen LogP contribution in [0.25, 0.3) is 11.5 Å². The first kappa shape index (κ1) is 13.0. The minimum absolute atomic E-state index is 0.550. The highest BCUT2D eigenvalue weighted by atomic mass is 32.1. The quantitative estimate of drug-likeness (QED) is 0.802. The molecule has 3 aromatic rings. The fourth-order valence-corrected chi connectivity index (χ4v) is 4.50. The van der Waals surface area contributed by atoms with E-state index in [-0.39, 0.29) is 0 Å². The SMILES string of the molecule is Cc1nc(Cc2noc(-c3c(N)sc4c3CCC4)n2)cs1. The molecule has 2 N–H and O–H groups in total. The number of anilines is 1. The second-order valence-electron chi connectivity index (χ2n) is 5.15. The van der Waals surface area contributed by atoms with Gasteiger partial charge in [0.2, 0.25) is 0 Å². The molecule has 0 aromatic carbocycles. The van der Waals surface area contributed by atoms with Crippen LogP contribution in [-0.4, -0.2) is 15.1 Å². The summed E-state index contributed by atoms with van der Waals surface area (Å²) in [4.78, 5) is 10.3. The molecule has 0 fully saturated rings. The number of nitrogens with zero attached hydrogens (tertiary/aromatic N) is 3. The van der Waals surface area contributed by atoms with Crippen LogP contribution in [0.5, 0.6) is 0 Å². The second-order valence-corrected chi connectivity index (χ2v) is 7.35. The molecule has 4 rings (SSSR count). The van der Waals surface area contributed by atoms with Crippen LogP contribution in [0.4, 0.5) is 5.00 Å². The molecule has 0 saturated heterocycles. The minimum atomic E-state index is 0.550. The summed E-state index contributed by atoms with van der Waals surface area (Å²) >= 11 is 3.29. The molecule has 1 aliphatic rings. The van der Waals surface area contributed by atoms with Crippen molar-refractivity contribution in [3.8, 4) is 11.5 Å².